The third-order valence-electron chi connectivity index (χ3n) is 8.13. The van der Waals surface area contributed by atoms with Crippen LogP contribution in [0.25, 0.3) is 0 Å². The molecule has 1 saturated carbocycles. The van der Waals surface area contributed by atoms with Gasteiger partial charge in [-0.15, -0.1) is 0 Å². The van der Waals surface area contributed by atoms with Gasteiger partial charge < -0.3 is 19.9 Å². The summed E-state index contributed by atoms with van der Waals surface area (Å²) in [6.45, 7) is 3.42. The van der Waals surface area contributed by atoms with Gasteiger partial charge in [0.25, 0.3) is 10.0 Å². The summed E-state index contributed by atoms with van der Waals surface area (Å²) in [4.78, 5) is 73.9. The monoisotopic (exact) mass is 848 g/mol. The molecule has 3 N–H and O–H groups in total. The molecule has 2 aromatic heterocycles. The number of urea groups is 2. The fraction of sp³-hybridized carbons (Fsp3) is 0.389. The predicted octanol–water partition coefficient (Wildman–Crippen LogP) is 4.99. The number of carbonyl (C=O) groups excluding carboxylic acids is 3. The van der Waals surface area contributed by atoms with Gasteiger partial charge in [-0.2, -0.15) is 4.98 Å². The van der Waals surface area contributed by atoms with Crippen LogP contribution in [0, 0.1) is 13.8 Å². The number of aromatic nitrogens is 5. The van der Waals surface area contributed by atoms with Crippen molar-refractivity contribution in [2.45, 2.75) is 56.9 Å². The topological polar surface area (TPSA) is 220 Å². The molecule has 21 heteroatoms. The van der Waals surface area contributed by atoms with Gasteiger partial charge in [-0.3, -0.25) is 9.88 Å². The molecule has 1 fully saturated rings. The van der Waals surface area contributed by atoms with Crippen molar-refractivity contribution in [3.05, 3.63) is 96.5 Å². The number of carbonyl (C=O) groups is 3. The van der Waals surface area contributed by atoms with Gasteiger partial charge in [0.15, 0.2) is 0 Å². The van der Waals surface area contributed by atoms with Crippen molar-refractivity contribution in [1.82, 2.24) is 33.7 Å². The molecule has 0 atom stereocenters. The Morgan fingerprint density at radius 3 is 2.04 bits per heavy atom. The van der Waals surface area contributed by atoms with Crippen LogP contribution in [-0.2, 0) is 21.8 Å². The summed E-state index contributed by atoms with van der Waals surface area (Å²) in [6.07, 6.45) is 5.15. The third kappa shape index (κ3) is 13.0. The fourth-order valence-corrected chi connectivity index (χ4v) is 6.87. The molecule has 308 valence electrons. The third-order valence-corrected chi connectivity index (χ3v) is 10.3. The molecular formula is C36H46Cl2N10O8S. The van der Waals surface area contributed by atoms with Crippen LogP contribution in [0.15, 0.2) is 63.0 Å². The fourth-order valence-electron chi connectivity index (χ4n) is 5.47. The molecule has 0 bridgehead atoms. The van der Waals surface area contributed by atoms with Crippen LogP contribution in [-0.4, -0.2) is 90.7 Å². The Labute approximate surface area is 340 Å². The SMILES string of the molecule is CN(C)C(=O)Nc1ccc(Cl)c(Cl)c1.CN(C)c1nc(=O)n(C2CCCCC2)c(=O)n1C.COC(=O)c1ccccc1S(=O)(=O)NC(=O)Nc1nc(C)cc(C)n1. The van der Waals surface area contributed by atoms with Crippen molar-refractivity contribution in [2.75, 3.05) is 50.8 Å². The molecule has 4 amide bonds. The van der Waals surface area contributed by atoms with Gasteiger partial charge in [0.1, 0.15) is 4.90 Å². The largest absolute Gasteiger partial charge is 0.465 e. The maximum atomic E-state index is 12.4. The zero-order valence-electron chi connectivity index (χ0n) is 32.8. The van der Waals surface area contributed by atoms with Gasteiger partial charge >= 0.3 is 29.4 Å². The number of anilines is 3. The molecule has 0 saturated heterocycles. The quantitative estimate of drug-likeness (QED) is 0.210. The molecule has 2 heterocycles. The molecule has 0 radical (unpaired) electrons. The van der Waals surface area contributed by atoms with Crippen molar-refractivity contribution in [2.24, 2.45) is 7.05 Å². The number of amides is 4. The molecule has 57 heavy (non-hydrogen) atoms. The second kappa shape index (κ2) is 20.6. The van der Waals surface area contributed by atoms with E-state index in [2.05, 4.69) is 30.3 Å². The predicted molar refractivity (Wildman–Crippen MR) is 218 cm³/mol. The summed E-state index contributed by atoms with van der Waals surface area (Å²) in [6, 6.07) is 10.8. The highest BCUT2D eigenvalue weighted by molar-refractivity contribution is 7.90. The Morgan fingerprint density at radius 1 is 0.860 bits per heavy atom. The molecule has 2 aromatic carbocycles. The number of esters is 1. The number of nitrogens with one attached hydrogen (secondary N) is 3. The number of hydrogen-bond donors (Lipinski definition) is 3. The first-order chi connectivity index (χ1) is 26.7. The molecule has 5 rings (SSSR count). The maximum absolute atomic E-state index is 12.4. The summed E-state index contributed by atoms with van der Waals surface area (Å²) >= 11 is 11.5. The molecule has 0 spiro atoms. The second-order valence-electron chi connectivity index (χ2n) is 13.1. The number of aryl methyl sites for hydroxylation is 2. The number of nitrogens with zero attached hydrogens (tertiary/aromatic N) is 7. The highest BCUT2D eigenvalue weighted by Crippen LogP contribution is 2.26. The molecule has 1 aliphatic rings. The van der Waals surface area contributed by atoms with Crippen molar-refractivity contribution in [3.63, 3.8) is 0 Å². The first kappa shape index (κ1) is 45.9. The van der Waals surface area contributed by atoms with Gasteiger partial charge in [-0.25, -0.2) is 51.6 Å². The lowest BCUT2D eigenvalue weighted by atomic mass is 9.95. The lowest BCUT2D eigenvalue weighted by Gasteiger charge is -2.24. The number of methoxy groups -OCH3 is 1. The van der Waals surface area contributed by atoms with Crippen LogP contribution in [0.5, 0.6) is 0 Å². The van der Waals surface area contributed by atoms with Gasteiger partial charge in [-0.05, 0) is 63.1 Å². The average Bonchev–Trinajstić information content (AvgIpc) is 3.14. The minimum Gasteiger partial charge on any atom is -0.465 e. The Bertz CT molecular complexity index is 2290. The second-order valence-corrected chi connectivity index (χ2v) is 15.5. The van der Waals surface area contributed by atoms with Gasteiger partial charge in [0.2, 0.25) is 11.9 Å². The summed E-state index contributed by atoms with van der Waals surface area (Å²) < 4.78 is 33.9. The number of ether oxygens (including phenoxy) is 1. The smallest absolute Gasteiger partial charge is 0.355 e. The summed E-state index contributed by atoms with van der Waals surface area (Å²) in [5, 5.41) is 5.78. The average molecular weight is 850 g/mol. The first-order valence-corrected chi connectivity index (χ1v) is 19.6. The van der Waals surface area contributed by atoms with E-state index in [1.807, 2.05) is 4.72 Å². The minimum atomic E-state index is -4.30. The van der Waals surface area contributed by atoms with Crippen molar-refractivity contribution < 1.29 is 27.5 Å². The molecule has 1 aliphatic carbocycles. The van der Waals surface area contributed by atoms with Gasteiger partial charge in [0, 0.05) is 58.4 Å². The number of rotatable bonds is 7. The Kier molecular flexibility index (Phi) is 16.6. The molecule has 0 unspecified atom stereocenters. The zero-order valence-corrected chi connectivity index (χ0v) is 35.1. The highest BCUT2D eigenvalue weighted by Gasteiger charge is 2.25. The molecule has 4 aromatic rings. The summed E-state index contributed by atoms with van der Waals surface area (Å²) in [5.41, 5.74) is 0.980. The van der Waals surface area contributed by atoms with Crippen LogP contribution < -0.4 is 31.6 Å². The van der Waals surface area contributed by atoms with E-state index >= 15 is 0 Å². The van der Waals surface area contributed by atoms with E-state index in [1.54, 1.807) is 78.3 Å². The van der Waals surface area contributed by atoms with E-state index in [9.17, 15) is 32.4 Å². The van der Waals surface area contributed by atoms with Crippen LogP contribution in [0.3, 0.4) is 0 Å². The van der Waals surface area contributed by atoms with Gasteiger partial charge in [0.05, 0.1) is 22.7 Å². The normalized spacial score (nSPS) is 12.5. The van der Waals surface area contributed by atoms with E-state index in [4.69, 9.17) is 23.2 Å². The standard InChI is InChI=1S/C15H16N4O5S.C12H20N4O2.C9H10Cl2N2O/c1-9-8-10(2)17-14(16-9)18-15(21)19-25(22,23)12-7-5-4-6-11(12)13(20)24-3;1-14(2)10-13-11(17)16(12(18)15(10)3)9-7-5-4-6-8-9;1-13(2)9(14)12-6-3-4-7(10)8(11)5-6/h4-8H,1-3H3,(H2,16,17,18,19,21);9H,4-8H2,1-3H3;3-5H,1-2H3,(H,12,14). The lowest BCUT2D eigenvalue weighted by molar-refractivity contribution is 0.0596. The van der Waals surface area contributed by atoms with Gasteiger partial charge in [-0.1, -0.05) is 54.6 Å². The van der Waals surface area contributed by atoms with Crippen LogP contribution in [0.1, 0.15) is 59.9 Å². The maximum Gasteiger partial charge on any atom is 0.355 e. The van der Waals surface area contributed by atoms with Crippen molar-refractivity contribution in [1.29, 1.82) is 0 Å². The van der Waals surface area contributed by atoms with Crippen LogP contribution in [0.4, 0.5) is 27.2 Å². The molecule has 0 aliphatic heterocycles. The van der Waals surface area contributed by atoms with Crippen LogP contribution in [0.2, 0.25) is 10.0 Å². The van der Waals surface area contributed by atoms with Crippen LogP contribution >= 0.6 is 23.2 Å². The lowest BCUT2D eigenvalue weighted by Crippen LogP contribution is -2.45. The molecule has 18 nitrogen and oxygen atoms in total. The number of benzene rings is 2. The number of hydrogen-bond acceptors (Lipinski definition) is 12. The van der Waals surface area contributed by atoms with Crippen molar-refractivity contribution in [3.8, 4) is 0 Å². The van der Waals surface area contributed by atoms with E-state index in [-0.39, 0.29) is 34.2 Å². The van der Waals surface area contributed by atoms with Crippen molar-refractivity contribution >= 4 is 68.8 Å². The highest BCUT2D eigenvalue weighted by atomic mass is 35.5. The summed E-state index contributed by atoms with van der Waals surface area (Å²) in [5.74, 6) is -0.470. The Balaban J connectivity index is 0.000000240. The number of halogens is 2. The number of sulfonamides is 1. The zero-order chi connectivity index (χ0) is 42.6. The summed E-state index contributed by atoms with van der Waals surface area (Å²) in [7, 11) is 5.34. The Hall–Kier alpha value is -5.53. The Morgan fingerprint density at radius 2 is 1.47 bits per heavy atom. The van der Waals surface area contributed by atoms with E-state index in [1.165, 1.54) is 44.7 Å². The minimum absolute atomic E-state index is 0.0219. The first-order valence-electron chi connectivity index (χ1n) is 17.4. The molecular weight excluding hydrogens is 803 g/mol. The van der Waals surface area contributed by atoms with E-state index in [0.717, 1.165) is 32.8 Å². The van der Waals surface area contributed by atoms with E-state index < -0.39 is 27.7 Å². The van der Waals surface area contributed by atoms with E-state index in [0.29, 0.717) is 33.1 Å².